The van der Waals surface area contributed by atoms with E-state index in [1.807, 2.05) is 25.1 Å². The Morgan fingerprint density at radius 2 is 2.28 bits per heavy atom. The number of carbonyl (C=O) groups excluding carboxylic acids is 1. The van der Waals surface area contributed by atoms with Gasteiger partial charge in [-0.3, -0.25) is 4.79 Å². The minimum atomic E-state index is -0.192. The first-order valence-corrected chi connectivity index (χ1v) is 6.30. The lowest BCUT2D eigenvalue weighted by atomic mass is 10.2. The Morgan fingerprint density at radius 3 is 2.89 bits per heavy atom. The van der Waals surface area contributed by atoms with Gasteiger partial charge in [-0.25, -0.2) is 4.98 Å². The van der Waals surface area contributed by atoms with Gasteiger partial charge < -0.3 is 11.1 Å². The molecule has 2 aromatic rings. The molecule has 0 radical (unpaired) electrons. The fraction of sp³-hybridized carbons (Fsp3) is 0.333. The molecule has 1 aromatic heterocycles. The van der Waals surface area contributed by atoms with Gasteiger partial charge in [0.1, 0.15) is 0 Å². The summed E-state index contributed by atoms with van der Waals surface area (Å²) in [5, 5.41) is 3.44. The smallest absolute Gasteiger partial charge is 0.230 e. The first kappa shape index (κ1) is 14.9. The van der Waals surface area contributed by atoms with Gasteiger partial charge in [0.2, 0.25) is 5.91 Å². The molecular formula is C12H16ClN3OS. The average molecular weight is 286 g/mol. The molecule has 4 nitrogen and oxygen atoms in total. The number of halogens is 1. The number of carbonyl (C=O) groups is 1. The molecule has 3 N–H and O–H groups in total. The first-order valence-electron chi connectivity index (χ1n) is 5.49. The monoisotopic (exact) mass is 285 g/mol. The number of thiazole rings is 1. The van der Waals surface area contributed by atoms with E-state index in [0.29, 0.717) is 11.7 Å². The Labute approximate surface area is 116 Å². The van der Waals surface area contributed by atoms with Gasteiger partial charge in [0.05, 0.1) is 10.2 Å². The van der Waals surface area contributed by atoms with Gasteiger partial charge in [0.15, 0.2) is 5.13 Å². The molecular weight excluding hydrogens is 270 g/mol. The zero-order chi connectivity index (χ0) is 12.4. The topological polar surface area (TPSA) is 68.0 Å². The molecule has 0 aliphatic rings. The summed E-state index contributed by atoms with van der Waals surface area (Å²) in [4.78, 5) is 16.1. The zero-order valence-electron chi connectivity index (χ0n) is 10.3. The third kappa shape index (κ3) is 2.98. The second kappa shape index (κ2) is 6.13. The number of rotatable bonds is 3. The fourth-order valence-electron chi connectivity index (χ4n) is 1.48. The Bertz CT molecular complexity index is 555. The molecule has 1 amide bonds. The van der Waals surface area contributed by atoms with Gasteiger partial charge in [-0.15, -0.1) is 12.4 Å². The van der Waals surface area contributed by atoms with Gasteiger partial charge in [-0.2, -0.15) is 0 Å². The van der Waals surface area contributed by atoms with Crippen LogP contribution in [0.5, 0.6) is 0 Å². The van der Waals surface area contributed by atoms with Crippen LogP contribution in [0.15, 0.2) is 18.2 Å². The third-order valence-corrected chi connectivity index (χ3v) is 3.59. The molecule has 1 unspecified atom stereocenters. The molecule has 2 rings (SSSR count). The largest absolute Gasteiger partial charge is 0.330 e. The minimum absolute atomic E-state index is 0. The van der Waals surface area contributed by atoms with Gasteiger partial charge in [0.25, 0.3) is 0 Å². The van der Waals surface area contributed by atoms with Crippen molar-refractivity contribution in [2.24, 2.45) is 11.7 Å². The van der Waals surface area contributed by atoms with E-state index in [4.69, 9.17) is 5.73 Å². The highest BCUT2D eigenvalue weighted by Crippen LogP contribution is 2.27. The molecule has 0 bridgehead atoms. The number of aromatic nitrogens is 1. The van der Waals surface area contributed by atoms with Crippen LogP contribution in [-0.4, -0.2) is 17.4 Å². The van der Waals surface area contributed by atoms with E-state index in [1.165, 1.54) is 11.3 Å². The molecule has 0 aliphatic heterocycles. The molecule has 0 saturated carbocycles. The number of anilines is 1. The highest BCUT2D eigenvalue weighted by Gasteiger charge is 2.13. The van der Waals surface area contributed by atoms with Crippen LogP contribution in [-0.2, 0) is 4.79 Å². The van der Waals surface area contributed by atoms with Crippen molar-refractivity contribution in [3.63, 3.8) is 0 Å². The van der Waals surface area contributed by atoms with Crippen LogP contribution >= 0.6 is 23.7 Å². The standard InChI is InChI=1S/C12H15N3OS.ClH/c1-7-4-3-5-9-10(7)14-12(17-9)15-11(16)8(2)6-13;/h3-5,8H,6,13H2,1-2H3,(H,14,15,16);1H. The van der Waals surface area contributed by atoms with Gasteiger partial charge in [0, 0.05) is 12.5 Å². The summed E-state index contributed by atoms with van der Waals surface area (Å²) in [6.45, 7) is 4.15. The molecule has 0 spiro atoms. The van der Waals surface area contributed by atoms with Crippen LogP contribution in [0.1, 0.15) is 12.5 Å². The molecule has 0 fully saturated rings. The van der Waals surface area contributed by atoms with E-state index in [1.54, 1.807) is 6.92 Å². The average Bonchev–Trinajstić information content (AvgIpc) is 2.72. The van der Waals surface area contributed by atoms with Crippen molar-refractivity contribution in [3.05, 3.63) is 23.8 Å². The SMILES string of the molecule is Cc1cccc2sc(NC(=O)C(C)CN)nc12.Cl. The summed E-state index contributed by atoms with van der Waals surface area (Å²) in [5.41, 5.74) is 7.52. The quantitative estimate of drug-likeness (QED) is 0.911. The predicted molar refractivity (Wildman–Crippen MR) is 78.5 cm³/mol. The highest BCUT2D eigenvalue weighted by molar-refractivity contribution is 7.22. The predicted octanol–water partition coefficient (Wildman–Crippen LogP) is 2.56. The maximum absolute atomic E-state index is 11.7. The Kier molecular flexibility index (Phi) is 5.07. The molecule has 6 heteroatoms. The molecule has 18 heavy (non-hydrogen) atoms. The Morgan fingerprint density at radius 1 is 1.56 bits per heavy atom. The lowest BCUT2D eigenvalue weighted by Gasteiger charge is -2.06. The number of hydrogen-bond donors (Lipinski definition) is 2. The molecule has 1 heterocycles. The minimum Gasteiger partial charge on any atom is -0.330 e. The first-order chi connectivity index (χ1) is 8.11. The van der Waals surface area contributed by atoms with Crippen molar-refractivity contribution < 1.29 is 4.79 Å². The number of nitrogens with one attached hydrogen (secondary N) is 1. The van der Waals surface area contributed by atoms with Crippen molar-refractivity contribution in [3.8, 4) is 0 Å². The number of fused-ring (bicyclic) bond motifs is 1. The normalized spacial score (nSPS) is 11.9. The number of nitrogens with zero attached hydrogens (tertiary/aromatic N) is 1. The summed E-state index contributed by atoms with van der Waals surface area (Å²) in [6.07, 6.45) is 0. The van der Waals surface area contributed by atoms with Crippen molar-refractivity contribution >= 4 is 45.0 Å². The number of hydrogen-bond acceptors (Lipinski definition) is 4. The van der Waals surface area contributed by atoms with Crippen LogP contribution in [0.4, 0.5) is 5.13 Å². The maximum Gasteiger partial charge on any atom is 0.230 e. The van der Waals surface area contributed by atoms with Crippen LogP contribution in [0, 0.1) is 12.8 Å². The molecule has 1 atom stereocenters. The number of benzene rings is 1. The third-order valence-electron chi connectivity index (χ3n) is 2.65. The summed E-state index contributed by atoms with van der Waals surface area (Å²) in [5.74, 6) is -0.271. The van der Waals surface area contributed by atoms with E-state index >= 15 is 0 Å². The molecule has 1 aromatic carbocycles. The lowest BCUT2D eigenvalue weighted by molar-refractivity contribution is -0.119. The molecule has 98 valence electrons. The van der Waals surface area contributed by atoms with Crippen LogP contribution < -0.4 is 11.1 Å². The zero-order valence-corrected chi connectivity index (χ0v) is 11.9. The van der Waals surface area contributed by atoms with Gasteiger partial charge in [-0.05, 0) is 18.6 Å². The second-order valence-electron chi connectivity index (χ2n) is 4.07. The van der Waals surface area contributed by atoms with Crippen molar-refractivity contribution in [2.45, 2.75) is 13.8 Å². The number of aryl methyl sites for hydroxylation is 1. The van der Waals surface area contributed by atoms with Crippen molar-refractivity contribution in [1.82, 2.24) is 4.98 Å². The Hall–Kier alpha value is -1.17. The van der Waals surface area contributed by atoms with E-state index in [0.717, 1.165) is 15.8 Å². The summed E-state index contributed by atoms with van der Waals surface area (Å²) >= 11 is 1.48. The summed E-state index contributed by atoms with van der Waals surface area (Å²) in [7, 11) is 0. The van der Waals surface area contributed by atoms with E-state index in [-0.39, 0.29) is 24.2 Å². The molecule has 0 saturated heterocycles. The van der Waals surface area contributed by atoms with E-state index in [9.17, 15) is 4.79 Å². The number of nitrogens with two attached hydrogens (primary N) is 1. The number of amides is 1. The fourth-order valence-corrected chi connectivity index (χ4v) is 2.42. The molecule has 0 aliphatic carbocycles. The van der Waals surface area contributed by atoms with Crippen molar-refractivity contribution in [2.75, 3.05) is 11.9 Å². The van der Waals surface area contributed by atoms with E-state index in [2.05, 4.69) is 10.3 Å². The van der Waals surface area contributed by atoms with Crippen LogP contribution in [0.3, 0.4) is 0 Å². The second-order valence-corrected chi connectivity index (χ2v) is 5.10. The number of para-hydroxylation sites is 1. The highest BCUT2D eigenvalue weighted by atomic mass is 35.5. The Balaban J connectivity index is 0.00000162. The summed E-state index contributed by atoms with van der Waals surface area (Å²) in [6, 6.07) is 6.00. The van der Waals surface area contributed by atoms with E-state index < -0.39 is 0 Å². The summed E-state index contributed by atoms with van der Waals surface area (Å²) < 4.78 is 1.08. The van der Waals surface area contributed by atoms with Gasteiger partial charge >= 0.3 is 0 Å². The lowest BCUT2D eigenvalue weighted by Crippen LogP contribution is -2.26. The maximum atomic E-state index is 11.7. The van der Waals surface area contributed by atoms with Gasteiger partial charge in [-0.1, -0.05) is 30.4 Å². The van der Waals surface area contributed by atoms with Crippen LogP contribution in [0.25, 0.3) is 10.2 Å². The van der Waals surface area contributed by atoms with Crippen LogP contribution in [0.2, 0.25) is 0 Å². The van der Waals surface area contributed by atoms with Crippen molar-refractivity contribution in [1.29, 1.82) is 0 Å².